The van der Waals surface area contributed by atoms with Crippen LogP contribution in [0.3, 0.4) is 0 Å². The molecule has 1 aliphatic heterocycles. The SMILES string of the molecule is CC(C)(C)c1cc(Oc2cc(C(C)(C)c3ccccc3)c3c4ccccc4n(-c4cc(C(C)(C)C)ccn4)c3c2)cc(N2CN(c3cc(C(C)(C)C)cc(C(C)(C)c4ccccc4)c3)c3cc(C(C)(C)C)c(C(C)(C)C)cc32)c1. The molecule has 0 aliphatic carbocycles. The molecule has 0 fully saturated rings. The molecule has 0 bridgehead atoms. The number of ether oxygens (including phenoxy) is 1. The summed E-state index contributed by atoms with van der Waals surface area (Å²) >= 11 is 0. The Labute approximate surface area is 473 Å². The molecule has 0 saturated carbocycles. The maximum Gasteiger partial charge on any atom is 0.137 e. The quantitative estimate of drug-likeness (QED) is 0.144. The van der Waals surface area contributed by atoms with E-state index in [4.69, 9.17) is 9.72 Å². The van der Waals surface area contributed by atoms with Crippen LogP contribution in [0.2, 0.25) is 0 Å². The van der Waals surface area contributed by atoms with Crippen molar-refractivity contribution < 1.29 is 4.74 Å². The summed E-state index contributed by atoms with van der Waals surface area (Å²) in [5.74, 6) is 2.46. The third-order valence-corrected chi connectivity index (χ3v) is 17.0. The summed E-state index contributed by atoms with van der Waals surface area (Å²) in [4.78, 5) is 10.2. The molecule has 0 spiro atoms. The van der Waals surface area contributed by atoms with Crippen LogP contribution in [-0.2, 0) is 37.9 Å². The van der Waals surface area contributed by atoms with Gasteiger partial charge in [-0.1, -0.05) is 216 Å². The number of rotatable bonds is 9. The average molecular weight is 1050 g/mol. The smallest absolute Gasteiger partial charge is 0.137 e. The third-order valence-electron chi connectivity index (χ3n) is 17.0. The number of hydrogen-bond acceptors (Lipinski definition) is 4. The van der Waals surface area contributed by atoms with Gasteiger partial charge in [-0.25, -0.2) is 4.98 Å². The van der Waals surface area contributed by atoms with E-state index < -0.39 is 5.41 Å². The van der Waals surface area contributed by atoms with E-state index >= 15 is 0 Å². The van der Waals surface area contributed by atoms with Crippen molar-refractivity contribution >= 4 is 44.6 Å². The molecule has 408 valence electrons. The molecule has 9 aromatic rings. The summed E-state index contributed by atoms with van der Waals surface area (Å²) in [5.41, 5.74) is 17.2. The lowest BCUT2D eigenvalue weighted by atomic mass is 9.74. The van der Waals surface area contributed by atoms with Crippen LogP contribution in [0.25, 0.3) is 27.6 Å². The topological polar surface area (TPSA) is 33.5 Å². The third kappa shape index (κ3) is 10.4. The van der Waals surface area contributed by atoms with E-state index in [0.29, 0.717) is 6.67 Å². The van der Waals surface area contributed by atoms with Gasteiger partial charge < -0.3 is 14.5 Å². The number of anilines is 4. The first kappa shape index (κ1) is 55.2. The zero-order valence-corrected chi connectivity index (χ0v) is 51.0. The molecule has 3 heterocycles. The molecule has 79 heavy (non-hydrogen) atoms. The van der Waals surface area contributed by atoms with Crippen molar-refractivity contribution in [3.8, 4) is 17.3 Å². The number of aromatic nitrogens is 2. The van der Waals surface area contributed by atoms with E-state index in [0.717, 1.165) is 34.0 Å². The first-order chi connectivity index (χ1) is 36.8. The molecule has 0 saturated heterocycles. The zero-order chi connectivity index (χ0) is 57.0. The Morgan fingerprint density at radius 2 is 0.848 bits per heavy atom. The van der Waals surface area contributed by atoms with E-state index in [1.54, 1.807) is 0 Å². The maximum absolute atomic E-state index is 7.47. The molecule has 0 atom stereocenters. The summed E-state index contributed by atoms with van der Waals surface area (Å²) in [6.07, 6.45) is 1.96. The Morgan fingerprint density at radius 1 is 0.367 bits per heavy atom. The van der Waals surface area contributed by atoms with E-state index in [-0.39, 0.29) is 32.5 Å². The fraction of sp³-hybridized carbons (Fsp3) is 0.365. The molecule has 0 unspecified atom stereocenters. The van der Waals surface area contributed by atoms with Crippen molar-refractivity contribution in [1.29, 1.82) is 0 Å². The number of para-hydroxylation sites is 1. The van der Waals surface area contributed by atoms with Crippen LogP contribution >= 0.6 is 0 Å². The van der Waals surface area contributed by atoms with Crippen LogP contribution in [0.4, 0.5) is 22.7 Å². The molecule has 5 nitrogen and oxygen atoms in total. The van der Waals surface area contributed by atoms with Crippen LogP contribution in [0.1, 0.15) is 182 Å². The van der Waals surface area contributed by atoms with Gasteiger partial charge in [0.1, 0.15) is 24.0 Å². The second kappa shape index (κ2) is 19.3. The van der Waals surface area contributed by atoms with Gasteiger partial charge in [0.05, 0.1) is 22.4 Å². The molecule has 5 heteroatoms. The molecule has 0 N–H and O–H groups in total. The molecular formula is C74H86N4O. The predicted octanol–water partition coefficient (Wildman–Crippen LogP) is 20.4. The number of pyridine rings is 1. The predicted molar refractivity (Wildman–Crippen MR) is 338 cm³/mol. The van der Waals surface area contributed by atoms with Gasteiger partial charge in [0, 0.05) is 51.3 Å². The van der Waals surface area contributed by atoms with Crippen molar-refractivity contribution in [2.45, 2.75) is 169 Å². The standard InChI is InChI=1S/C74H86N4O/c1-68(2,3)50-34-35-75-66(41-50)78-62-33-27-26-32-58(62)67-61(74(18,19)49-30-24-21-25-31-49)43-57(44-65(67)78)79-56-40-52(70(7,8)9)38-55(42-56)77-47-76(63-45-59(71(10,11)12)60(46-64(63)77)72(13,14)15)54-37-51(69(4,5)6)36-53(39-54)73(16,17)48-28-22-20-23-29-48/h20-46H,47H2,1-19H3. The lowest BCUT2D eigenvalue weighted by Gasteiger charge is -2.33. The van der Waals surface area contributed by atoms with Crippen LogP contribution in [0.15, 0.2) is 164 Å². The van der Waals surface area contributed by atoms with Crippen LogP contribution in [-0.4, -0.2) is 16.2 Å². The largest absolute Gasteiger partial charge is 0.457 e. The van der Waals surface area contributed by atoms with Crippen LogP contribution in [0, 0.1) is 0 Å². The van der Waals surface area contributed by atoms with Gasteiger partial charge in [0.15, 0.2) is 0 Å². The fourth-order valence-corrected chi connectivity index (χ4v) is 11.8. The van der Waals surface area contributed by atoms with Crippen molar-refractivity contribution in [3.05, 3.63) is 214 Å². The fourth-order valence-electron chi connectivity index (χ4n) is 11.8. The second-order valence-electron chi connectivity index (χ2n) is 28.8. The molecule has 7 aromatic carbocycles. The number of nitrogens with zero attached hydrogens (tertiary/aromatic N) is 4. The van der Waals surface area contributed by atoms with E-state index in [2.05, 4.69) is 304 Å². The Bertz CT molecular complexity index is 3750. The molecular weight excluding hydrogens is 961 g/mol. The summed E-state index contributed by atoms with van der Waals surface area (Å²) in [7, 11) is 0. The van der Waals surface area contributed by atoms with Crippen LogP contribution in [0.5, 0.6) is 11.5 Å². The summed E-state index contributed by atoms with van der Waals surface area (Å²) in [6, 6.07) is 59.0. The minimum atomic E-state index is -0.396. The van der Waals surface area contributed by atoms with Gasteiger partial charge in [-0.3, -0.25) is 4.57 Å². The second-order valence-corrected chi connectivity index (χ2v) is 28.8. The van der Waals surface area contributed by atoms with Gasteiger partial charge in [-0.15, -0.1) is 0 Å². The Balaban J connectivity index is 1.19. The zero-order valence-electron chi connectivity index (χ0n) is 51.0. The molecule has 0 amide bonds. The first-order valence-electron chi connectivity index (χ1n) is 28.7. The van der Waals surface area contributed by atoms with E-state index in [1.165, 1.54) is 77.9 Å². The van der Waals surface area contributed by atoms with E-state index in [9.17, 15) is 0 Å². The van der Waals surface area contributed by atoms with Crippen molar-refractivity contribution in [2.75, 3.05) is 16.5 Å². The molecule has 0 radical (unpaired) electrons. The average Bonchev–Trinajstić information content (AvgIpc) is 3.88. The first-order valence-corrected chi connectivity index (χ1v) is 28.7. The van der Waals surface area contributed by atoms with Crippen molar-refractivity contribution in [2.24, 2.45) is 0 Å². The summed E-state index contributed by atoms with van der Waals surface area (Å²) in [5, 5.41) is 2.39. The summed E-state index contributed by atoms with van der Waals surface area (Å²) in [6.45, 7) is 45.0. The number of hydrogen-bond donors (Lipinski definition) is 0. The van der Waals surface area contributed by atoms with Crippen molar-refractivity contribution in [3.63, 3.8) is 0 Å². The van der Waals surface area contributed by atoms with Crippen LogP contribution < -0.4 is 14.5 Å². The van der Waals surface area contributed by atoms with Crippen molar-refractivity contribution in [1.82, 2.24) is 9.55 Å². The van der Waals surface area contributed by atoms with Gasteiger partial charge in [-0.05, 0) is 138 Å². The summed E-state index contributed by atoms with van der Waals surface area (Å²) < 4.78 is 9.83. The van der Waals surface area contributed by atoms with Gasteiger partial charge in [-0.2, -0.15) is 0 Å². The normalized spacial score (nSPS) is 13.9. The van der Waals surface area contributed by atoms with Gasteiger partial charge in [0.25, 0.3) is 0 Å². The highest BCUT2D eigenvalue weighted by Gasteiger charge is 2.37. The highest BCUT2D eigenvalue weighted by molar-refractivity contribution is 6.12. The number of fused-ring (bicyclic) bond motifs is 4. The Morgan fingerprint density at radius 3 is 1.39 bits per heavy atom. The lowest BCUT2D eigenvalue weighted by molar-refractivity contribution is 0.477. The Kier molecular flexibility index (Phi) is 13.5. The number of benzene rings is 7. The minimum Gasteiger partial charge on any atom is -0.457 e. The van der Waals surface area contributed by atoms with Gasteiger partial charge >= 0.3 is 0 Å². The maximum atomic E-state index is 7.47. The molecule has 1 aliphatic rings. The molecule has 10 rings (SSSR count). The molecule has 2 aromatic heterocycles. The lowest BCUT2D eigenvalue weighted by Crippen LogP contribution is -2.26. The minimum absolute atomic E-state index is 0.0598. The highest BCUT2D eigenvalue weighted by atomic mass is 16.5. The Hall–Kier alpha value is -7.11. The highest BCUT2D eigenvalue weighted by Crippen LogP contribution is 2.52. The van der Waals surface area contributed by atoms with Gasteiger partial charge in [0.2, 0.25) is 0 Å². The van der Waals surface area contributed by atoms with E-state index in [1.807, 2.05) is 6.20 Å². The monoisotopic (exact) mass is 1050 g/mol.